The van der Waals surface area contributed by atoms with Crippen LogP contribution in [0, 0.1) is 11.6 Å². The number of hydrogen-bond acceptors (Lipinski definition) is 4. The minimum atomic E-state index is -0.389. The molecule has 2 aromatic carbocycles. The van der Waals surface area contributed by atoms with Crippen LogP contribution in [0.4, 0.5) is 20.3 Å². The maximum atomic E-state index is 13.3. The molecule has 6 nitrogen and oxygen atoms in total. The van der Waals surface area contributed by atoms with Gasteiger partial charge in [0.2, 0.25) is 11.8 Å². The van der Waals surface area contributed by atoms with Crippen LogP contribution in [0.3, 0.4) is 0 Å². The quantitative estimate of drug-likeness (QED) is 0.686. The predicted octanol–water partition coefficient (Wildman–Crippen LogP) is 3.53. The molecule has 0 saturated carbocycles. The molecule has 0 radical (unpaired) electrons. The van der Waals surface area contributed by atoms with Gasteiger partial charge >= 0.3 is 0 Å². The van der Waals surface area contributed by atoms with Crippen molar-refractivity contribution in [2.24, 2.45) is 4.99 Å². The number of amides is 2. The number of benzene rings is 2. The summed E-state index contributed by atoms with van der Waals surface area (Å²) in [6.45, 7) is -0.0379. The first-order valence-corrected chi connectivity index (χ1v) is 9.59. The van der Waals surface area contributed by atoms with E-state index in [9.17, 15) is 18.4 Å². The van der Waals surface area contributed by atoms with Crippen molar-refractivity contribution < 1.29 is 18.4 Å². The van der Waals surface area contributed by atoms with Crippen molar-refractivity contribution in [3.8, 4) is 0 Å². The molecular formula is C23H18F2N4O2. The standard InChI is InChI=1S/C23H18F2N4O2/c24-17-7-3-15(4-8-17)13-27-21(30)14-29-22(31)12-20(16-5-9-18(25)10-6-16)28-19-2-1-11-26-23(19)29/h1-11H,12-14H2,(H,27,30). The summed E-state index contributed by atoms with van der Waals surface area (Å²) in [5.41, 5.74) is 2.26. The summed E-state index contributed by atoms with van der Waals surface area (Å²) in [4.78, 5) is 35.6. The van der Waals surface area contributed by atoms with Crippen molar-refractivity contribution in [3.63, 3.8) is 0 Å². The Morgan fingerprint density at radius 3 is 2.39 bits per heavy atom. The van der Waals surface area contributed by atoms with Crippen LogP contribution in [0.25, 0.3) is 0 Å². The SMILES string of the molecule is O=C(CN1C(=O)CC(c2ccc(F)cc2)=Nc2cccnc21)NCc1ccc(F)cc1. The van der Waals surface area contributed by atoms with Crippen molar-refractivity contribution in [2.75, 3.05) is 11.4 Å². The Morgan fingerprint density at radius 2 is 1.68 bits per heavy atom. The van der Waals surface area contributed by atoms with E-state index >= 15 is 0 Å². The van der Waals surface area contributed by atoms with Crippen LogP contribution in [-0.2, 0) is 16.1 Å². The third-order valence-electron chi connectivity index (χ3n) is 4.78. The Bertz CT molecular complexity index is 1140. The lowest BCUT2D eigenvalue weighted by Gasteiger charge is -2.20. The molecule has 0 aliphatic carbocycles. The highest BCUT2D eigenvalue weighted by molar-refractivity contribution is 6.18. The third kappa shape index (κ3) is 4.80. The minimum Gasteiger partial charge on any atom is -0.350 e. The van der Waals surface area contributed by atoms with Gasteiger partial charge in [0.25, 0.3) is 0 Å². The van der Waals surface area contributed by atoms with Crippen LogP contribution in [0.5, 0.6) is 0 Å². The molecule has 0 atom stereocenters. The number of aromatic nitrogens is 1. The number of anilines is 1. The van der Waals surface area contributed by atoms with E-state index in [1.54, 1.807) is 36.4 Å². The smallest absolute Gasteiger partial charge is 0.240 e. The molecule has 1 aliphatic heterocycles. The van der Waals surface area contributed by atoms with Gasteiger partial charge in [-0.1, -0.05) is 24.3 Å². The summed E-state index contributed by atoms with van der Waals surface area (Å²) in [7, 11) is 0. The lowest BCUT2D eigenvalue weighted by atomic mass is 10.1. The number of hydrogen-bond donors (Lipinski definition) is 1. The summed E-state index contributed by atoms with van der Waals surface area (Å²) in [6, 6.07) is 14.9. The van der Waals surface area contributed by atoms with E-state index in [0.717, 1.165) is 5.56 Å². The van der Waals surface area contributed by atoms with Crippen LogP contribution in [0.2, 0.25) is 0 Å². The van der Waals surface area contributed by atoms with Crippen molar-refractivity contribution in [3.05, 3.63) is 89.6 Å². The molecule has 8 heteroatoms. The fourth-order valence-corrected chi connectivity index (χ4v) is 3.20. The minimum absolute atomic E-state index is 0.0623. The topological polar surface area (TPSA) is 74.7 Å². The summed E-state index contributed by atoms with van der Waals surface area (Å²) >= 11 is 0. The molecule has 156 valence electrons. The van der Waals surface area contributed by atoms with E-state index in [4.69, 9.17) is 0 Å². The number of rotatable bonds is 5. The van der Waals surface area contributed by atoms with Crippen molar-refractivity contribution in [1.82, 2.24) is 10.3 Å². The highest BCUT2D eigenvalue weighted by Gasteiger charge is 2.27. The van der Waals surface area contributed by atoms with E-state index in [-0.39, 0.29) is 48.8 Å². The van der Waals surface area contributed by atoms with Gasteiger partial charge in [0.1, 0.15) is 23.9 Å². The van der Waals surface area contributed by atoms with Gasteiger partial charge in [-0.25, -0.2) is 18.8 Å². The van der Waals surface area contributed by atoms with Crippen molar-refractivity contribution >= 4 is 29.0 Å². The maximum Gasteiger partial charge on any atom is 0.240 e. The lowest BCUT2D eigenvalue weighted by Crippen LogP contribution is -2.41. The number of carbonyl (C=O) groups is 2. The van der Waals surface area contributed by atoms with Gasteiger partial charge in [-0.3, -0.25) is 14.5 Å². The molecule has 3 aromatic rings. The van der Waals surface area contributed by atoms with Crippen molar-refractivity contribution in [2.45, 2.75) is 13.0 Å². The first kappa shape index (κ1) is 20.3. The molecule has 0 unspecified atom stereocenters. The van der Waals surface area contributed by atoms with E-state index < -0.39 is 0 Å². The number of nitrogens with one attached hydrogen (secondary N) is 1. The highest BCUT2D eigenvalue weighted by Crippen LogP contribution is 2.30. The van der Waals surface area contributed by atoms with E-state index in [0.29, 0.717) is 17.0 Å². The van der Waals surface area contributed by atoms with Crippen LogP contribution in [0.15, 0.2) is 71.9 Å². The number of pyridine rings is 1. The number of carbonyl (C=O) groups excluding carboxylic acids is 2. The van der Waals surface area contributed by atoms with Crippen molar-refractivity contribution in [1.29, 1.82) is 0 Å². The van der Waals surface area contributed by atoms with E-state index in [2.05, 4.69) is 15.3 Å². The molecule has 0 fully saturated rings. The molecule has 4 rings (SSSR count). The van der Waals surface area contributed by atoms with E-state index in [1.807, 2.05) is 0 Å². The molecule has 0 bridgehead atoms. The second-order valence-corrected chi connectivity index (χ2v) is 6.97. The van der Waals surface area contributed by atoms with Gasteiger partial charge in [0, 0.05) is 12.7 Å². The molecule has 0 saturated heterocycles. The Kier molecular flexibility index (Phi) is 5.79. The Labute approximate surface area is 177 Å². The zero-order valence-electron chi connectivity index (χ0n) is 16.4. The lowest BCUT2D eigenvalue weighted by molar-refractivity contribution is -0.123. The molecule has 0 spiro atoms. The maximum absolute atomic E-state index is 13.3. The molecular weight excluding hydrogens is 402 g/mol. The normalized spacial score (nSPS) is 13.3. The Hall–Kier alpha value is -3.94. The molecule has 1 aliphatic rings. The highest BCUT2D eigenvalue weighted by atomic mass is 19.1. The van der Waals surface area contributed by atoms with Crippen LogP contribution in [-0.4, -0.2) is 29.1 Å². The first-order chi connectivity index (χ1) is 15.0. The predicted molar refractivity (Wildman–Crippen MR) is 112 cm³/mol. The fourth-order valence-electron chi connectivity index (χ4n) is 3.20. The molecule has 31 heavy (non-hydrogen) atoms. The summed E-state index contributed by atoms with van der Waals surface area (Å²) in [5.74, 6) is -1.20. The Morgan fingerprint density at radius 1 is 1.00 bits per heavy atom. The number of fused-ring (bicyclic) bond motifs is 1. The Balaban J connectivity index is 1.53. The monoisotopic (exact) mass is 420 g/mol. The largest absolute Gasteiger partial charge is 0.350 e. The molecule has 1 aromatic heterocycles. The third-order valence-corrected chi connectivity index (χ3v) is 4.78. The first-order valence-electron chi connectivity index (χ1n) is 9.59. The van der Waals surface area contributed by atoms with Gasteiger partial charge < -0.3 is 5.32 Å². The summed E-state index contributed by atoms with van der Waals surface area (Å²) < 4.78 is 26.3. The van der Waals surface area contributed by atoms with Crippen LogP contribution in [0.1, 0.15) is 17.5 Å². The van der Waals surface area contributed by atoms with Gasteiger partial charge in [-0.15, -0.1) is 0 Å². The number of aliphatic imine (C=N–C) groups is 1. The van der Waals surface area contributed by atoms with E-state index in [1.165, 1.54) is 35.4 Å². The van der Waals surface area contributed by atoms with Gasteiger partial charge in [0.05, 0.1) is 12.1 Å². The summed E-state index contributed by atoms with van der Waals surface area (Å²) in [6.07, 6.45) is 1.46. The van der Waals surface area contributed by atoms with Gasteiger partial charge in [0.15, 0.2) is 5.82 Å². The van der Waals surface area contributed by atoms with Gasteiger partial charge in [-0.2, -0.15) is 0 Å². The zero-order chi connectivity index (χ0) is 21.8. The van der Waals surface area contributed by atoms with Crippen LogP contribution < -0.4 is 10.2 Å². The van der Waals surface area contributed by atoms with Crippen LogP contribution >= 0.6 is 0 Å². The second kappa shape index (κ2) is 8.83. The zero-order valence-corrected chi connectivity index (χ0v) is 16.4. The molecule has 2 heterocycles. The molecule has 2 amide bonds. The van der Waals surface area contributed by atoms with Gasteiger partial charge in [-0.05, 0) is 47.5 Å². The molecule has 1 N–H and O–H groups in total. The summed E-state index contributed by atoms with van der Waals surface area (Å²) in [5, 5.41) is 2.72. The average Bonchev–Trinajstić information content (AvgIpc) is 2.90. The number of nitrogens with zero attached hydrogens (tertiary/aromatic N) is 3. The fraction of sp³-hybridized carbons (Fsp3) is 0.130. The number of halogens is 2. The second-order valence-electron chi connectivity index (χ2n) is 6.97. The average molecular weight is 420 g/mol.